The summed E-state index contributed by atoms with van der Waals surface area (Å²) in [6, 6.07) is 14.4. The first-order valence-electron chi connectivity index (χ1n) is 10.8. The second-order valence-corrected chi connectivity index (χ2v) is 8.02. The first-order valence-corrected chi connectivity index (χ1v) is 10.8. The van der Waals surface area contributed by atoms with Crippen LogP contribution in [0.25, 0.3) is 11.4 Å². The average Bonchev–Trinajstić information content (AvgIpc) is 3.05. The summed E-state index contributed by atoms with van der Waals surface area (Å²) in [5.41, 5.74) is 4.94. The van der Waals surface area contributed by atoms with Crippen LogP contribution in [0.1, 0.15) is 34.3 Å². The van der Waals surface area contributed by atoms with Gasteiger partial charge >= 0.3 is 0 Å². The molecule has 4 rings (SSSR count). The van der Waals surface area contributed by atoms with Gasteiger partial charge in [0.25, 0.3) is 5.56 Å². The zero-order valence-electron chi connectivity index (χ0n) is 18.9. The van der Waals surface area contributed by atoms with Gasteiger partial charge in [0, 0.05) is 36.1 Å². The lowest BCUT2D eigenvalue weighted by atomic mass is 10.0. The summed E-state index contributed by atoms with van der Waals surface area (Å²) in [5, 5.41) is 7.56. The molecule has 0 bridgehead atoms. The summed E-state index contributed by atoms with van der Waals surface area (Å²) in [6.07, 6.45) is 3.68. The fourth-order valence-corrected chi connectivity index (χ4v) is 3.72. The molecule has 1 unspecified atom stereocenters. The third-order valence-corrected chi connectivity index (χ3v) is 5.72. The SMILES string of the molecule is Cc1nn(CC(=O)NC(Cc2cc(=O)[nH]c(-c3cccnc3)n2)c2ccccc2)c(C)c1C. The smallest absolute Gasteiger partial charge is 0.251 e. The van der Waals surface area contributed by atoms with Crippen molar-refractivity contribution >= 4 is 5.91 Å². The van der Waals surface area contributed by atoms with Crippen LogP contribution >= 0.6 is 0 Å². The molecule has 1 amide bonds. The number of pyridine rings is 1. The van der Waals surface area contributed by atoms with Crippen molar-refractivity contribution in [1.82, 2.24) is 30.0 Å². The van der Waals surface area contributed by atoms with E-state index in [-0.39, 0.29) is 24.1 Å². The van der Waals surface area contributed by atoms with Gasteiger partial charge in [-0.15, -0.1) is 0 Å². The standard InChI is InChI=1S/C25H26N6O2/c1-16-17(2)30-31(18(16)3)15-24(33)28-22(19-8-5-4-6-9-19)12-21-13-23(32)29-25(27-21)20-10-7-11-26-14-20/h4-11,13-14,22H,12,15H2,1-3H3,(H,28,33)(H,27,29,32). The molecule has 8 heteroatoms. The van der Waals surface area contributed by atoms with Gasteiger partial charge in [0.05, 0.1) is 17.4 Å². The molecular formula is C25H26N6O2. The molecule has 0 saturated heterocycles. The van der Waals surface area contributed by atoms with E-state index < -0.39 is 0 Å². The minimum absolute atomic E-state index is 0.119. The number of carbonyl (C=O) groups is 1. The number of nitrogens with zero attached hydrogens (tertiary/aromatic N) is 4. The van der Waals surface area contributed by atoms with Gasteiger partial charge in [-0.25, -0.2) is 4.98 Å². The van der Waals surface area contributed by atoms with E-state index in [1.54, 1.807) is 23.1 Å². The second kappa shape index (κ2) is 9.60. The summed E-state index contributed by atoms with van der Waals surface area (Å²) in [6.45, 7) is 6.00. The van der Waals surface area contributed by atoms with E-state index in [2.05, 4.69) is 25.4 Å². The van der Waals surface area contributed by atoms with E-state index in [1.165, 1.54) is 6.07 Å². The van der Waals surface area contributed by atoms with Gasteiger partial charge in [0.15, 0.2) is 0 Å². The number of benzene rings is 1. The van der Waals surface area contributed by atoms with E-state index >= 15 is 0 Å². The lowest BCUT2D eigenvalue weighted by molar-refractivity contribution is -0.122. The molecule has 0 radical (unpaired) electrons. The highest BCUT2D eigenvalue weighted by atomic mass is 16.2. The lowest BCUT2D eigenvalue weighted by Crippen LogP contribution is -2.33. The Morgan fingerprint density at radius 3 is 2.58 bits per heavy atom. The van der Waals surface area contributed by atoms with Crippen molar-refractivity contribution in [2.24, 2.45) is 0 Å². The number of nitrogens with one attached hydrogen (secondary N) is 2. The van der Waals surface area contributed by atoms with Gasteiger partial charge in [0.1, 0.15) is 12.4 Å². The monoisotopic (exact) mass is 442 g/mol. The number of H-pyrrole nitrogens is 1. The predicted molar refractivity (Wildman–Crippen MR) is 126 cm³/mol. The van der Waals surface area contributed by atoms with E-state index in [4.69, 9.17) is 0 Å². The zero-order valence-corrected chi connectivity index (χ0v) is 18.9. The molecule has 33 heavy (non-hydrogen) atoms. The van der Waals surface area contributed by atoms with E-state index in [9.17, 15) is 9.59 Å². The van der Waals surface area contributed by atoms with E-state index in [0.29, 0.717) is 17.9 Å². The van der Waals surface area contributed by atoms with Gasteiger partial charge in [0.2, 0.25) is 5.91 Å². The van der Waals surface area contributed by atoms with Crippen LogP contribution in [0, 0.1) is 20.8 Å². The summed E-state index contributed by atoms with van der Waals surface area (Å²) < 4.78 is 1.72. The van der Waals surface area contributed by atoms with Crippen LogP contribution in [-0.2, 0) is 17.8 Å². The summed E-state index contributed by atoms with van der Waals surface area (Å²) in [5.74, 6) is 0.286. The third kappa shape index (κ3) is 5.23. The number of hydrogen-bond acceptors (Lipinski definition) is 5. The highest BCUT2D eigenvalue weighted by Crippen LogP contribution is 2.19. The fourth-order valence-electron chi connectivity index (χ4n) is 3.72. The van der Waals surface area contributed by atoms with Crippen molar-refractivity contribution in [3.8, 4) is 11.4 Å². The quantitative estimate of drug-likeness (QED) is 0.458. The molecule has 0 spiro atoms. The molecule has 0 aliphatic carbocycles. The lowest BCUT2D eigenvalue weighted by Gasteiger charge is -2.19. The number of aryl methyl sites for hydroxylation is 1. The van der Waals surface area contributed by atoms with Crippen LogP contribution < -0.4 is 10.9 Å². The van der Waals surface area contributed by atoms with Gasteiger partial charge in [-0.1, -0.05) is 30.3 Å². The largest absolute Gasteiger partial charge is 0.347 e. The molecule has 4 aromatic rings. The van der Waals surface area contributed by atoms with Crippen molar-refractivity contribution in [2.75, 3.05) is 0 Å². The molecule has 8 nitrogen and oxygen atoms in total. The Morgan fingerprint density at radius 2 is 1.91 bits per heavy atom. The second-order valence-electron chi connectivity index (χ2n) is 8.02. The molecule has 3 heterocycles. The maximum Gasteiger partial charge on any atom is 0.251 e. The van der Waals surface area contributed by atoms with Crippen LogP contribution in [0.2, 0.25) is 0 Å². The Balaban J connectivity index is 1.59. The Morgan fingerprint density at radius 1 is 1.12 bits per heavy atom. The van der Waals surface area contributed by atoms with E-state index in [0.717, 1.165) is 28.1 Å². The molecule has 168 valence electrons. The minimum Gasteiger partial charge on any atom is -0.347 e. The molecule has 1 atom stereocenters. The van der Waals surface area contributed by atoms with Crippen molar-refractivity contribution < 1.29 is 4.79 Å². The van der Waals surface area contributed by atoms with E-state index in [1.807, 2.05) is 57.2 Å². The number of hydrogen-bond donors (Lipinski definition) is 2. The number of rotatable bonds is 7. The van der Waals surface area contributed by atoms with Gasteiger partial charge < -0.3 is 10.3 Å². The van der Waals surface area contributed by atoms with Crippen LogP contribution in [0.15, 0.2) is 65.7 Å². The molecule has 3 aromatic heterocycles. The van der Waals surface area contributed by atoms with Gasteiger partial charge in [-0.3, -0.25) is 19.3 Å². The van der Waals surface area contributed by atoms with Crippen LogP contribution in [0.3, 0.4) is 0 Å². The van der Waals surface area contributed by atoms with Crippen molar-refractivity contribution in [3.05, 3.63) is 99.5 Å². The maximum absolute atomic E-state index is 12.9. The number of aromatic nitrogens is 5. The Hall–Kier alpha value is -4.07. The van der Waals surface area contributed by atoms with Crippen molar-refractivity contribution in [1.29, 1.82) is 0 Å². The van der Waals surface area contributed by atoms with Crippen molar-refractivity contribution in [3.63, 3.8) is 0 Å². The van der Waals surface area contributed by atoms with Gasteiger partial charge in [-0.05, 0) is 44.0 Å². The predicted octanol–water partition coefficient (Wildman–Crippen LogP) is 3.05. The Labute approximate surface area is 191 Å². The van der Waals surface area contributed by atoms with Gasteiger partial charge in [-0.2, -0.15) is 5.10 Å². The highest BCUT2D eigenvalue weighted by molar-refractivity contribution is 5.76. The zero-order chi connectivity index (χ0) is 23.4. The van der Waals surface area contributed by atoms with Crippen molar-refractivity contribution in [2.45, 2.75) is 39.8 Å². The molecule has 0 aliphatic rings. The molecule has 0 aliphatic heterocycles. The Bertz CT molecular complexity index is 1310. The van der Waals surface area contributed by atoms with Crippen LogP contribution in [-0.4, -0.2) is 30.6 Å². The fraction of sp³-hybridized carbons (Fsp3) is 0.240. The molecule has 1 aromatic carbocycles. The minimum atomic E-state index is -0.354. The molecular weight excluding hydrogens is 416 g/mol. The molecule has 0 saturated carbocycles. The number of carbonyl (C=O) groups excluding carboxylic acids is 1. The third-order valence-electron chi connectivity index (χ3n) is 5.72. The van der Waals surface area contributed by atoms with Crippen LogP contribution in [0.5, 0.6) is 0 Å². The summed E-state index contributed by atoms with van der Waals surface area (Å²) >= 11 is 0. The molecule has 0 fully saturated rings. The maximum atomic E-state index is 12.9. The summed E-state index contributed by atoms with van der Waals surface area (Å²) in [7, 11) is 0. The number of amides is 1. The molecule has 2 N–H and O–H groups in total. The first-order chi connectivity index (χ1) is 15.9. The average molecular weight is 443 g/mol. The number of aromatic amines is 1. The normalized spacial score (nSPS) is 11.8. The Kier molecular flexibility index (Phi) is 6.44. The van der Waals surface area contributed by atoms with Crippen LogP contribution in [0.4, 0.5) is 0 Å². The first kappa shape index (κ1) is 22.1. The summed E-state index contributed by atoms with van der Waals surface area (Å²) in [4.78, 5) is 36.7. The topological polar surface area (TPSA) is 106 Å². The highest BCUT2D eigenvalue weighted by Gasteiger charge is 2.19.